The SMILES string of the molecule is CCCCCCCCCCCCCCCCCc1ccc(P(Br)(c2ccccc2)(c2ccccc2)c2ccccc2)cc1. The molecule has 230 valence electrons. The first-order valence-electron chi connectivity index (χ1n) is 17.2. The minimum absolute atomic E-state index is 1.17. The van der Waals surface area contributed by atoms with Gasteiger partial charge in [-0.15, -0.1) is 0 Å². The predicted octanol–water partition coefficient (Wildman–Crippen LogP) is 11.6. The molecule has 0 nitrogen and oxygen atoms in total. The average molecular weight is 658 g/mol. The molecule has 0 atom stereocenters. The van der Waals surface area contributed by atoms with Gasteiger partial charge in [-0.2, -0.15) is 0 Å². The molecule has 4 rings (SSSR count). The Balaban J connectivity index is 1.31. The van der Waals surface area contributed by atoms with Crippen LogP contribution in [0.2, 0.25) is 0 Å². The molecule has 4 aromatic rings. The van der Waals surface area contributed by atoms with E-state index in [4.69, 9.17) is 0 Å². The van der Waals surface area contributed by atoms with Gasteiger partial charge in [0.15, 0.2) is 0 Å². The van der Waals surface area contributed by atoms with Gasteiger partial charge >= 0.3 is 214 Å². The first-order chi connectivity index (χ1) is 21.2. The molecule has 0 aromatic heterocycles. The van der Waals surface area contributed by atoms with Crippen LogP contribution in [0.3, 0.4) is 0 Å². The summed E-state index contributed by atoms with van der Waals surface area (Å²) in [5.74, 6) is 0. The normalized spacial score (nSPS) is 12.6. The zero-order valence-electron chi connectivity index (χ0n) is 26.6. The van der Waals surface area contributed by atoms with E-state index in [1.54, 1.807) is 0 Å². The van der Waals surface area contributed by atoms with Crippen LogP contribution in [0.25, 0.3) is 0 Å². The zero-order chi connectivity index (χ0) is 30.1. The van der Waals surface area contributed by atoms with Gasteiger partial charge in [-0.1, -0.05) is 58.3 Å². The van der Waals surface area contributed by atoms with Crippen LogP contribution in [0.5, 0.6) is 0 Å². The van der Waals surface area contributed by atoms with Crippen LogP contribution in [0, 0.1) is 0 Å². The summed E-state index contributed by atoms with van der Waals surface area (Å²) in [6, 6.07) is 42.8. The summed E-state index contributed by atoms with van der Waals surface area (Å²) < 4.78 is 0. The second-order valence-corrected chi connectivity index (χ2v) is 20.7. The van der Waals surface area contributed by atoms with Crippen molar-refractivity contribution in [2.75, 3.05) is 0 Å². The molecule has 0 saturated heterocycles. The third kappa shape index (κ3) is 8.71. The standard InChI is InChI=1S/C41H54BrP/c1-2-3-4-5-6-7-8-9-10-11-12-13-14-15-19-26-37-33-35-41(36-34-37)43(42,38-27-20-16-21-28-38,39-29-22-17-23-30-39)40-31-24-18-25-32-40/h16-18,20-25,27-36H,2-15,19,26H2,1H3. The third-order valence-electron chi connectivity index (χ3n) is 9.21. The minimum atomic E-state index is -3.11. The monoisotopic (exact) mass is 656 g/mol. The van der Waals surface area contributed by atoms with Gasteiger partial charge < -0.3 is 0 Å². The molecule has 0 aliphatic heterocycles. The van der Waals surface area contributed by atoms with E-state index in [1.807, 2.05) is 0 Å². The topological polar surface area (TPSA) is 0 Å². The number of halogens is 1. The molecule has 0 saturated carbocycles. The van der Waals surface area contributed by atoms with Crippen LogP contribution in [0.1, 0.15) is 109 Å². The summed E-state index contributed by atoms with van der Waals surface area (Å²) >= 11 is 4.60. The van der Waals surface area contributed by atoms with Crippen LogP contribution in [0.15, 0.2) is 115 Å². The first-order valence-corrected chi connectivity index (χ1v) is 21.4. The first kappa shape index (κ1) is 33.7. The Bertz CT molecular complexity index is 1180. The molecule has 0 amide bonds. The van der Waals surface area contributed by atoms with Crippen molar-refractivity contribution in [3.05, 3.63) is 121 Å². The Morgan fingerprint density at radius 1 is 0.372 bits per heavy atom. The van der Waals surface area contributed by atoms with Gasteiger partial charge in [-0.05, 0) is 0 Å². The van der Waals surface area contributed by atoms with E-state index in [9.17, 15) is 0 Å². The van der Waals surface area contributed by atoms with Crippen LogP contribution >= 0.6 is 20.8 Å². The molecule has 0 N–H and O–H groups in total. The zero-order valence-corrected chi connectivity index (χ0v) is 29.1. The fourth-order valence-electron chi connectivity index (χ4n) is 6.66. The fourth-order valence-corrected chi connectivity index (χ4v) is 14.2. The van der Waals surface area contributed by atoms with Gasteiger partial charge in [0.05, 0.1) is 0 Å². The molecule has 0 fully saturated rings. The molecule has 0 spiro atoms. The van der Waals surface area contributed by atoms with Crippen molar-refractivity contribution < 1.29 is 0 Å². The molecule has 0 bridgehead atoms. The number of hydrogen-bond acceptors (Lipinski definition) is 0. The van der Waals surface area contributed by atoms with E-state index in [-0.39, 0.29) is 0 Å². The average Bonchev–Trinajstić information content (AvgIpc) is 3.07. The van der Waals surface area contributed by atoms with Crippen molar-refractivity contribution in [2.24, 2.45) is 0 Å². The molecule has 43 heavy (non-hydrogen) atoms. The van der Waals surface area contributed by atoms with Gasteiger partial charge in [0, 0.05) is 0 Å². The second-order valence-electron chi connectivity index (χ2n) is 12.4. The quantitative estimate of drug-likeness (QED) is 0.0655. The van der Waals surface area contributed by atoms with E-state index in [1.165, 1.54) is 130 Å². The summed E-state index contributed by atoms with van der Waals surface area (Å²) in [5, 5.41) is 2.25. The van der Waals surface area contributed by atoms with Crippen molar-refractivity contribution in [1.29, 1.82) is 0 Å². The van der Waals surface area contributed by atoms with Gasteiger partial charge in [-0.25, -0.2) is 0 Å². The number of rotatable bonds is 20. The van der Waals surface area contributed by atoms with Crippen molar-refractivity contribution in [1.82, 2.24) is 0 Å². The predicted molar refractivity (Wildman–Crippen MR) is 199 cm³/mol. The summed E-state index contributed by atoms with van der Waals surface area (Å²) in [6.45, 7) is 2.30. The van der Waals surface area contributed by atoms with Crippen molar-refractivity contribution in [3.63, 3.8) is 0 Å². The molecule has 0 heterocycles. The van der Waals surface area contributed by atoms with Gasteiger partial charge in [-0.3, -0.25) is 0 Å². The molecule has 0 radical (unpaired) electrons. The Hall–Kier alpha value is -2.21. The molecule has 4 aromatic carbocycles. The van der Waals surface area contributed by atoms with Crippen LogP contribution in [-0.4, -0.2) is 0 Å². The Morgan fingerprint density at radius 3 is 1.02 bits per heavy atom. The summed E-state index contributed by atoms with van der Waals surface area (Å²) in [4.78, 5) is 0. The second kappa shape index (κ2) is 17.9. The van der Waals surface area contributed by atoms with E-state index in [0.29, 0.717) is 0 Å². The molecule has 0 aliphatic carbocycles. The van der Waals surface area contributed by atoms with Gasteiger partial charge in [0.25, 0.3) is 0 Å². The van der Waals surface area contributed by atoms with Crippen molar-refractivity contribution >= 4 is 42.0 Å². The summed E-state index contributed by atoms with van der Waals surface area (Å²) in [6.07, 6.45) is 22.3. The summed E-state index contributed by atoms with van der Waals surface area (Å²) in [5.41, 5.74) is 1.45. The molecule has 0 aliphatic rings. The summed E-state index contributed by atoms with van der Waals surface area (Å²) in [7, 11) is 0. The van der Waals surface area contributed by atoms with Crippen molar-refractivity contribution in [2.45, 2.75) is 110 Å². The van der Waals surface area contributed by atoms with E-state index in [0.717, 1.165) is 0 Å². The van der Waals surface area contributed by atoms with Gasteiger partial charge in [0.1, 0.15) is 0 Å². The molecular weight excluding hydrogens is 603 g/mol. The fraction of sp³-hybridized carbons (Fsp3) is 0.415. The Morgan fingerprint density at radius 2 is 0.674 bits per heavy atom. The van der Waals surface area contributed by atoms with Gasteiger partial charge in [0.2, 0.25) is 0 Å². The Labute approximate surface area is 271 Å². The maximum atomic E-state index is 4.60. The van der Waals surface area contributed by atoms with Crippen LogP contribution in [0.4, 0.5) is 0 Å². The number of benzene rings is 4. The van der Waals surface area contributed by atoms with E-state index < -0.39 is 5.31 Å². The number of unbranched alkanes of at least 4 members (excludes halogenated alkanes) is 14. The van der Waals surface area contributed by atoms with Crippen LogP contribution in [-0.2, 0) is 6.42 Å². The number of aryl methyl sites for hydroxylation is 1. The molecule has 2 heteroatoms. The van der Waals surface area contributed by atoms with Crippen LogP contribution < -0.4 is 21.2 Å². The molecular formula is C41H54BrP. The Kier molecular flexibility index (Phi) is 14.0. The molecule has 0 unspecified atom stereocenters. The van der Waals surface area contributed by atoms with E-state index in [2.05, 4.69) is 138 Å². The number of hydrogen-bond donors (Lipinski definition) is 0. The van der Waals surface area contributed by atoms with Crippen molar-refractivity contribution in [3.8, 4) is 0 Å². The third-order valence-corrected chi connectivity index (χ3v) is 19.2. The maximum absolute atomic E-state index is 4.60. The van der Waals surface area contributed by atoms with E-state index >= 15 is 0 Å².